The SMILES string of the molecule is C=C1/C=C/C(=O)N(C)CC(=O)NCCOc2cc(C(C)(C)CCC)ccc2C(=O)N1. The Morgan fingerprint density at radius 2 is 1.93 bits per heavy atom. The van der Waals surface area contributed by atoms with Crippen LogP contribution in [0, 0.1) is 0 Å². The van der Waals surface area contributed by atoms with Gasteiger partial charge in [0.2, 0.25) is 11.8 Å². The molecule has 1 aliphatic heterocycles. The molecule has 7 nitrogen and oxygen atoms in total. The normalized spacial score (nSPS) is 17.8. The number of rotatable bonds is 3. The Labute approximate surface area is 178 Å². The van der Waals surface area contributed by atoms with E-state index in [2.05, 4.69) is 38.0 Å². The lowest BCUT2D eigenvalue weighted by atomic mass is 9.80. The van der Waals surface area contributed by atoms with E-state index in [1.54, 1.807) is 6.07 Å². The summed E-state index contributed by atoms with van der Waals surface area (Å²) in [5.41, 5.74) is 1.64. The van der Waals surface area contributed by atoms with Crippen molar-refractivity contribution in [3.05, 3.63) is 53.8 Å². The summed E-state index contributed by atoms with van der Waals surface area (Å²) < 4.78 is 5.88. The van der Waals surface area contributed by atoms with E-state index in [9.17, 15) is 14.4 Å². The van der Waals surface area contributed by atoms with Crippen LogP contribution in [0.5, 0.6) is 5.75 Å². The average molecular weight is 414 g/mol. The first-order valence-electron chi connectivity index (χ1n) is 10.1. The molecule has 0 fully saturated rings. The predicted molar refractivity (Wildman–Crippen MR) is 116 cm³/mol. The van der Waals surface area contributed by atoms with Gasteiger partial charge in [-0.2, -0.15) is 0 Å². The van der Waals surface area contributed by atoms with Gasteiger partial charge in [-0.3, -0.25) is 14.4 Å². The molecule has 0 aromatic heterocycles. The molecule has 3 amide bonds. The van der Waals surface area contributed by atoms with Crippen LogP contribution >= 0.6 is 0 Å². The zero-order valence-electron chi connectivity index (χ0n) is 18.2. The van der Waals surface area contributed by atoms with Gasteiger partial charge >= 0.3 is 0 Å². The van der Waals surface area contributed by atoms with Gasteiger partial charge in [-0.25, -0.2) is 0 Å². The third-order valence-corrected chi connectivity index (χ3v) is 5.02. The van der Waals surface area contributed by atoms with Crippen LogP contribution < -0.4 is 15.4 Å². The standard InChI is InChI=1S/C23H31N3O4/c1-6-11-23(3,4)17-8-9-18-19(14-17)30-13-12-24-20(27)15-26(5)21(28)10-7-16(2)25-22(18)29/h7-10,14H,2,6,11-13,15H2,1,3-5H3,(H,24,27)(H,25,29)/b10-7+. The van der Waals surface area contributed by atoms with Gasteiger partial charge in [0.05, 0.1) is 18.7 Å². The molecule has 1 aromatic carbocycles. The van der Waals surface area contributed by atoms with E-state index in [1.165, 1.54) is 24.1 Å². The topological polar surface area (TPSA) is 87.7 Å². The number of nitrogens with one attached hydrogen (secondary N) is 2. The number of carbonyl (C=O) groups is 3. The number of amides is 3. The van der Waals surface area contributed by atoms with Crippen LogP contribution in [0.4, 0.5) is 0 Å². The fourth-order valence-corrected chi connectivity index (χ4v) is 3.27. The van der Waals surface area contributed by atoms with E-state index in [0.29, 0.717) is 11.3 Å². The molecule has 0 atom stereocenters. The summed E-state index contributed by atoms with van der Waals surface area (Å²) >= 11 is 0. The molecule has 162 valence electrons. The van der Waals surface area contributed by atoms with Crippen molar-refractivity contribution < 1.29 is 19.1 Å². The largest absolute Gasteiger partial charge is 0.491 e. The van der Waals surface area contributed by atoms with Crippen LogP contribution in [0.1, 0.15) is 49.5 Å². The molecule has 7 heteroatoms. The quantitative estimate of drug-likeness (QED) is 0.797. The fourth-order valence-electron chi connectivity index (χ4n) is 3.27. The second-order valence-electron chi connectivity index (χ2n) is 8.05. The Morgan fingerprint density at radius 1 is 1.20 bits per heavy atom. The minimum atomic E-state index is -0.376. The van der Waals surface area contributed by atoms with E-state index in [4.69, 9.17) is 4.74 Å². The second-order valence-corrected chi connectivity index (χ2v) is 8.05. The minimum absolute atomic E-state index is 0.0634. The number of allylic oxidation sites excluding steroid dienone is 1. The van der Waals surface area contributed by atoms with Crippen molar-refractivity contribution in [1.82, 2.24) is 15.5 Å². The van der Waals surface area contributed by atoms with Crippen molar-refractivity contribution >= 4 is 17.7 Å². The van der Waals surface area contributed by atoms with Crippen LogP contribution in [0.15, 0.2) is 42.6 Å². The maximum atomic E-state index is 12.8. The monoisotopic (exact) mass is 413 g/mol. The van der Waals surface area contributed by atoms with Crippen LogP contribution in [-0.2, 0) is 15.0 Å². The highest BCUT2D eigenvalue weighted by Gasteiger charge is 2.23. The molecular weight excluding hydrogens is 382 g/mol. The zero-order valence-corrected chi connectivity index (χ0v) is 18.2. The molecule has 1 aliphatic rings. The van der Waals surface area contributed by atoms with Crippen molar-refractivity contribution in [3.8, 4) is 5.75 Å². The summed E-state index contributed by atoms with van der Waals surface area (Å²) in [7, 11) is 1.53. The third-order valence-electron chi connectivity index (χ3n) is 5.02. The summed E-state index contributed by atoms with van der Waals surface area (Å²) in [6.07, 6.45) is 4.71. The van der Waals surface area contributed by atoms with E-state index >= 15 is 0 Å². The maximum absolute atomic E-state index is 12.8. The molecule has 0 aliphatic carbocycles. The van der Waals surface area contributed by atoms with Crippen molar-refractivity contribution in [3.63, 3.8) is 0 Å². The number of carbonyl (C=O) groups excluding carboxylic acids is 3. The number of benzene rings is 1. The van der Waals surface area contributed by atoms with Crippen molar-refractivity contribution in [1.29, 1.82) is 0 Å². The highest BCUT2D eigenvalue weighted by Crippen LogP contribution is 2.32. The molecule has 0 saturated carbocycles. The first kappa shape index (κ1) is 23.2. The summed E-state index contributed by atoms with van der Waals surface area (Å²) in [4.78, 5) is 38.2. The molecular formula is C23H31N3O4. The Bertz CT molecular complexity index is 858. The van der Waals surface area contributed by atoms with Gasteiger partial charge in [0, 0.05) is 18.8 Å². The zero-order chi connectivity index (χ0) is 22.3. The van der Waals surface area contributed by atoms with Crippen molar-refractivity contribution in [2.45, 2.75) is 39.0 Å². The molecule has 0 bridgehead atoms. The molecule has 0 radical (unpaired) electrons. The molecule has 30 heavy (non-hydrogen) atoms. The molecule has 2 rings (SSSR count). The van der Waals surface area contributed by atoms with Gasteiger partial charge in [-0.1, -0.05) is 39.8 Å². The van der Waals surface area contributed by atoms with Crippen molar-refractivity contribution in [2.75, 3.05) is 26.7 Å². The fraction of sp³-hybridized carbons (Fsp3) is 0.435. The van der Waals surface area contributed by atoms with Gasteiger partial charge in [-0.05, 0) is 35.6 Å². The van der Waals surface area contributed by atoms with Crippen LogP contribution in [-0.4, -0.2) is 49.4 Å². The lowest BCUT2D eigenvalue weighted by Crippen LogP contribution is -2.39. The minimum Gasteiger partial charge on any atom is -0.491 e. The number of ether oxygens (including phenoxy) is 1. The average Bonchev–Trinajstić information content (AvgIpc) is 2.68. The number of hydrogen-bond donors (Lipinski definition) is 2. The van der Waals surface area contributed by atoms with Gasteiger partial charge in [-0.15, -0.1) is 0 Å². The van der Waals surface area contributed by atoms with E-state index in [-0.39, 0.29) is 48.5 Å². The van der Waals surface area contributed by atoms with E-state index in [0.717, 1.165) is 18.4 Å². The first-order chi connectivity index (χ1) is 14.1. The van der Waals surface area contributed by atoms with Crippen LogP contribution in [0.25, 0.3) is 0 Å². The highest BCUT2D eigenvalue weighted by atomic mass is 16.5. The summed E-state index contributed by atoms with van der Waals surface area (Å²) in [5.74, 6) is -0.582. The number of likely N-dealkylation sites (N-methyl/N-ethyl adjacent to an activating group) is 1. The molecule has 0 spiro atoms. The lowest BCUT2D eigenvalue weighted by Gasteiger charge is -2.26. The molecule has 0 saturated heterocycles. The van der Waals surface area contributed by atoms with Gasteiger partial charge in [0.15, 0.2) is 0 Å². The third kappa shape index (κ3) is 6.20. The van der Waals surface area contributed by atoms with Gasteiger partial charge in [0.1, 0.15) is 12.4 Å². The molecule has 1 aromatic rings. The van der Waals surface area contributed by atoms with Crippen LogP contribution in [0.3, 0.4) is 0 Å². The summed E-state index contributed by atoms with van der Waals surface area (Å²) in [6, 6.07) is 5.56. The lowest BCUT2D eigenvalue weighted by molar-refractivity contribution is -0.131. The smallest absolute Gasteiger partial charge is 0.259 e. The predicted octanol–water partition coefficient (Wildman–Crippen LogP) is 2.53. The van der Waals surface area contributed by atoms with Crippen LogP contribution in [0.2, 0.25) is 0 Å². The first-order valence-corrected chi connectivity index (χ1v) is 10.1. The van der Waals surface area contributed by atoms with E-state index in [1.807, 2.05) is 12.1 Å². The number of fused-ring (bicyclic) bond motifs is 1. The molecule has 1 heterocycles. The second kappa shape index (κ2) is 10.1. The Morgan fingerprint density at radius 3 is 2.63 bits per heavy atom. The number of nitrogens with zero attached hydrogens (tertiary/aromatic N) is 1. The van der Waals surface area contributed by atoms with E-state index < -0.39 is 0 Å². The Kier molecular flexibility index (Phi) is 7.80. The van der Waals surface area contributed by atoms with Gasteiger partial charge in [0.25, 0.3) is 5.91 Å². The summed E-state index contributed by atoms with van der Waals surface area (Å²) in [5, 5.41) is 5.40. The highest BCUT2D eigenvalue weighted by molar-refractivity contribution is 5.98. The van der Waals surface area contributed by atoms with Crippen molar-refractivity contribution in [2.24, 2.45) is 0 Å². The molecule has 0 unspecified atom stereocenters. The maximum Gasteiger partial charge on any atom is 0.259 e. The number of hydrogen-bond acceptors (Lipinski definition) is 4. The Balaban J connectivity index is 2.35. The molecule has 2 N–H and O–H groups in total. The summed E-state index contributed by atoms with van der Waals surface area (Å²) in [6.45, 7) is 10.6. The Hall–Kier alpha value is -3.09. The van der Waals surface area contributed by atoms with Gasteiger partial charge < -0.3 is 20.3 Å².